The highest BCUT2D eigenvalue weighted by molar-refractivity contribution is 7.99. The first-order valence-electron chi connectivity index (χ1n) is 11.8. The molecule has 0 radical (unpaired) electrons. The van der Waals surface area contributed by atoms with Crippen LogP contribution in [0.15, 0.2) is 95.7 Å². The Morgan fingerprint density at radius 3 is 2.68 bits per heavy atom. The summed E-state index contributed by atoms with van der Waals surface area (Å²) in [7, 11) is 0. The molecule has 1 heterocycles. The van der Waals surface area contributed by atoms with Crippen LogP contribution in [-0.4, -0.2) is 39.8 Å². The fraction of sp³-hybridized carbons (Fsp3) is 0.143. The number of phenolic OH excluding ortho intramolecular Hbond substituents is 1. The summed E-state index contributed by atoms with van der Waals surface area (Å²) in [5.41, 5.74) is 5.61. The van der Waals surface area contributed by atoms with Gasteiger partial charge in [-0.3, -0.25) is 4.79 Å². The predicted octanol–water partition coefficient (Wildman–Crippen LogP) is 4.43. The molecule has 188 valence electrons. The molecule has 3 aromatic carbocycles. The van der Waals surface area contributed by atoms with Crippen LogP contribution in [0.2, 0.25) is 0 Å². The number of hydrogen-bond donors (Lipinski definition) is 3. The first kappa shape index (κ1) is 25.7. The van der Waals surface area contributed by atoms with E-state index >= 15 is 0 Å². The van der Waals surface area contributed by atoms with E-state index < -0.39 is 0 Å². The lowest BCUT2D eigenvalue weighted by molar-refractivity contribution is -0.625. The Labute approximate surface area is 219 Å². The van der Waals surface area contributed by atoms with Crippen LogP contribution >= 0.6 is 11.8 Å². The Kier molecular flexibility index (Phi) is 8.72. The quantitative estimate of drug-likeness (QED) is 0.0903. The Morgan fingerprint density at radius 2 is 1.95 bits per heavy atom. The largest absolute Gasteiger partial charge is 0.507 e. The third-order valence-corrected chi connectivity index (χ3v) is 6.30. The number of hydrazone groups is 1. The summed E-state index contributed by atoms with van der Waals surface area (Å²) in [5.74, 6) is 1.49. The summed E-state index contributed by atoms with van der Waals surface area (Å²) in [5, 5.41) is 22.5. The highest BCUT2D eigenvalue weighted by atomic mass is 32.2. The normalized spacial score (nSPS) is 10.9. The maximum Gasteiger partial charge on any atom is 0.342 e. The van der Waals surface area contributed by atoms with Gasteiger partial charge in [-0.15, -0.1) is 11.7 Å². The Bertz CT molecular complexity index is 1380. The number of carbonyl (C=O) groups excluding carboxylic acids is 1. The average Bonchev–Trinajstić information content (AvgIpc) is 3.35. The number of nitrogens with zero attached hydrogens (tertiary/aromatic N) is 3. The van der Waals surface area contributed by atoms with Crippen molar-refractivity contribution in [1.29, 1.82) is 0 Å². The number of ether oxygens (including phenoxy) is 1. The molecule has 0 aliphatic heterocycles. The summed E-state index contributed by atoms with van der Waals surface area (Å²) in [6.45, 7) is 6.23. The number of aromatic amines is 1. The van der Waals surface area contributed by atoms with Gasteiger partial charge in [0.1, 0.15) is 17.2 Å². The van der Waals surface area contributed by atoms with Crippen molar-refractivity contribution in [2.24, 2.45) is 5.10 Å². The summed E-state index contributed by atoms with van der Waals surface area (Å²) in [6.07, 6.45) is 3.68. The summed E-state index contributed by atoms with van der Waals surface area (Å²) in [4.78, 5) is 12.5. The number of benzene rings is 3. The molecule has 0 spiro atoms. The monoisotopic (exact) mass is 514 g/mol. The van der Waals surface area contributed by atoms with Gasteiger partial charge in [-0.1, -0.05) is 36.4 Å². The third kappa shape index (κ3) is 6.45. The number of aromatic hydroxyl groups is 1. The van der Waals surface area contributed by atoms with Crippen LogP contribution in [0.1, 0.15) is 18.1 Å². The van der Waals surface area contributed by atoms with E-state index in [4.69, 9.17) is 4.74 Å². The Balaban J connectivity index is 1.49. The molecule has 3 N–H and O–H groups in total. The van der Waals surface area contributed by atoms with Crippen LogP contribution in [0, 0.1) is 0 Å². The highest BCUT2D eigenvalue weighted by Crippen LogP contribution is 2.23. The van der Waals surface area contributed by atoms with Gasteiger partial charge in [0.05, 0.1) is 29.2 Å². The van der Waals surface area contributed by atoms with Crippen LogP contribution < -0.4 is 14.7 Å². The van der Waals surface area contributed by atoms with Crippen molar-refractivity contribution in [3.63, 3.8) is 0 Å². The standard InChI is InChI=1S/C28H27N5O3S/c1-3-9-20-12-8-13-22(26(20)35)18-29-30-25(34)19-37-28-32-31-27(21-10-6-5-7-11-21)33(28)23-14-16-24(17-15-23)36-4-2/h3,5-8,10-18H,1,4,9,19H2,2H3,(H2,29,30,34,35)/p+1. The van der Waals surface area contributed by atoms with Gasteiger partial charge in [-0.25, -0.2) is 5.43 Å². The molecule has 1 amide bonds. The topological polar surface area (TPSA) is 103 Å². The minimum Gasteiger partial charge on any atom is -0.507 e. The SMILES string of the molecule is C=CCc1cccc(C=NNC(=O)CSc2n[nH]c(-c3ccccc3)[n+]2-c2ccc(OCC)cc2)c1O. The number of carbonyl (C=O) groups is 1. The minimum atomic E-state index is -0.300. The minimum absolute atomic E-state index is 0.0932. The second kappa shape index (κ2) is 12.5. The number of thioether (sulfide) groups is 1. The molecule has 4 rings (SSSR count). The fourth-order valence-corrected chi connectivity index (χ4v) is 4.41. The zero-order chi connectivity index (χ0) is 26.0. The van der Waals surface area contributed by atoms with E-state index in [9.17, 15) is 9.90 Å². The van der Waals surface area contributed by atoms with Gasteiger partial charge in [0, 0.05) is 5.56 Å². The number of rotatable bonds is 11. The lowest BCUT2D eigenvalue weighted by Gasteiger charge is -2.06. The van der Waals surface area contributed by atoms with Gasteiger partial charge in [0.25, 0.3) is 11.7 Å². The van der Waals surface area contributed by atoms with Gasteiger partial charge in [-0.05, 0) is 73.1 Å². The maximum atomic E-state index is 12.5. The zero-order valence-electron chi connectivity index (χ0n) is 20.4. The van der Waals surface area contributed by atoms with Crippen molar-refractivity contribution in [3.05, 3.63) is 96.6 Å². The molecule has 9 heteroatoms. The molecular formula is C28H28N5O3S+. The fourth-order valence-electron chi connectivity index (χ4n) is 3.65. The van der Waals surface area contributed by atoms with Crippen molar-refractivity contribution in [2.75, 3.05) is 12.4 Å². The maximum absolute atomic E-state index is 12.5. The van der Waals surface area contributed by atoms with Crippen LogP contribution in [0.25, 0.3) is 17.1 Å². The number of nitrogens with one attached hydrogen (secondary N) is 2. The predicted molar refractivity (Wildman–Crippen MR) is 145 cm³/mol. The van der Waals surface area contributed by atoms with E-state index in [0.29, 0.717) is 23.7 Å². The highest BCUT2D eigenvalue weighted by Gasteiger charge is 2.24. The number of para-hydroxylation sites is 1. The molecule has 4 aromatic rings. The number of hydrogen-bond acceptors (Lipinski definition) is 6. The molecule has 0 saturated heterocycles. The zero-order valence-corrected chi connectivity index (χ0v) is 21.2. The molecule has 0 unspecified atom stereocenters. The van der Waals surface area contributed by atoms with Crippen molar-refractivity contribution >= 4 is 23.9 Å². The molecule has 1 aromatic heterocycles. The van der Waals surface area contributed by atoms with E-state index in [1.807, 2.05) is 78.2 Å². The van der Waals surface area contributed by atoms with Gasteiger partial charge < -0.3 is 9.84 Å². The molecule has 0 aliphatic carbocycles. The van der Waals surface area contributed by atoms with Gasteiger partial charge >= 0.3 is 5.16 Å². The molecule has 0 aliphatic rings. The van der Waals surface area contributed by atoms with E-state index in [1.165, 1.54) is 18.0 Å². The van der Waals surface area contributed by atoms with Crippen LogP contribution in [0.3, 0.4) is 0 Å². The van der Waals surface area contributed by atoms with E-state index in [0.717, 1.165) is 28.4 Å². The number of amides is 1. The lowest BCUT2D eigenvalue weighted by atomic mass is 10.1. The Hall–Kier alpha value is -4.37. The summed E-state index contributed by atoms with van der Waals surface area (Å²) >= 11 is 1.28. The summed E-state index contributed by atoms with van der Waals surface area (Å²) in [6, 6.07) is 22.9. The van der Waals surface area contributed by atoms with Crippen molar-refractivity contribution in [3.8, 4) is 28.6 Å². The molecule has 0 bridgehead atoms. The van der Waals surface area contributed by atoms with Gasteiger partial charge in [0.2, 0.25) is 0 Å². The molecule has 37 heavy (non-hydrogen) atoms. The molecule has 0 fully saturated rings. The van der Waals surface area contributed by atoms with Crippen LogP contribution in [0.5, 0.6) is 11.5 Å². The molecule has 8 nitrogen and oxygen atoms in total. The average molecular weight is 515 g/mol. The molecule has 0 atom stereocenters. The van der Waals surface area contributed by atoms with E-state index in [2.05, 4.69) is 27.3 Å². The van der Waals surface area contributed by atoms with E-state index in [-0.39, 0.29) is 17.4 Å². The smallest absolute Gasteiger partial charge is 0.342 e. The van der Waals surface area contributed by atoms with Crippen LogP contribution in [0.4, 0.5) is 0 Å². The number of allylic oxidation sites excluding steroid dienone is 1. The van der Waals surface area contributed by atoms with Crippen molar-refractivity contribution in [1.82, 2.24) is 15.6 Å². The van der Waals surface area contributed by atoms with Crippen LogP contribution in [-0.2, 0) is 11.2 Å². The van der Waals surface area contributed by atoms with Gasteiger partial charge in [-0.2, -0.15) is 9.67 Å². The van der Waals surface area contributed by atoms with Gasteiger partial charge in [0.15, 0.2) is 0 Å². The lowest BCUT2D eigenvalue weighted by Crippen LogP contribution is -2.34. The van der Waals surface area contributed by atoms with E-state index in [1.54, 1.807) is 12.1 Å². The Morgan fingerprint density at radius 1 is 1.16 bits per heavy atom. The first-order chi connectivity index (χ1) is 18.1. The second-order valence-corrected chi connectivity index (χ2v) is 8.86. The number of aromatic nitrogens is 3. The van der Waals surface area contributed by atoms with Crippen molar-refractivity contribution in [2.45, 2.75) is 18.5 Å². The molecular weight excluding hydrogens is 486 g/mol. The number of phenols is 1. The third-order valence-electron chi connectivity index (χ3n) is 5.37. The molecule has 0 saturated carbocycles. The first-order valence-corrected chi connectivity index (χ1v) is 12.7. The summed E-state index contributed by atoms with van der Waals surface area (Å²) < 4.78 is 7.54. The number of H-pyrrole nitrogens is 1. The van der Waals surface area contributed by atoms with Crippen molar-refractivity contribution < 1.29 is 19.2 Å². The second-order valence-electron chi connectivity index (χ2n) is 7.91.